The summed E-state index contributed by atoms with van der Waals surface area (Å²) in [6.07, 6.45) is 3.63. The first kappa shape index (κ1) is 11.3. The lowest BCUT2D eigenvalue weighted by molar-refractivity contribution is 0.715. The fourth-order valence-electron chi connectivity index (χ4n) is 2.72. The maximum atomic E-state index is 5.90. The summed E-state index contributed by atoms with van der Waals surface area (Å²) in [5.41, 5.74) is 10.9. The molecule has 3 rings (SSSR count). The molecule has 0 unspecified atom stereocenters. The molecule has 1 heterocycles. The molecule has 0 saturated heterocycles. The van der Waals surface area contributed by atoms with Crippen LogP contribution in [0.4, 0.5) is 5.82 Å². The molecule has 0 amide bonds. The van der Waals surface area contributed by atoms with E-state index in [1.807, 2.05) is 4.68 Å². The van der Waals surface area contributed by atoms with Crippen LogP contribution in [0.5, 0.6) is 0 Å². The lowest BCUT2D eigenvalue weighted by atomic mass is 10.1. The highest BCUT2D eigenvalue weighted by atomic mass is 15.4. The molecular formula is C14H18N4. The zero-order valence-electron chi connectivity index (χ0n) is 10.8. The average Bonchev–Trinajstić information content (AvgIpc) is 2.93. The Balaban J connectivity index is 2.10. The van der Waals surface area contributed by atoms with Gasteiger partial charge in [-0.3, -0.25) is 0 Å². The highest BCUT2D eigenvalue weighted by Gasteiger charge is 2.17. The van der Waals surface area contributed by atoms with Crippen molar-refractivity contribution in [3.8, 4) is 5.69 Å². The molecule has 2 N–H and O–H groups in total. The van der Waals surface area contributed by atoms with Gasteiger partial charge < -0.3 is 5.73 Å². The average molecular weight is 242 g/mol. The third-order valence-electron chi connectivity index (χ3n) is 3.61. The van der Waals surface area contributed by atoms with Crippen molar-refractivity contribution < 1.29 is 0 Å². The van der Waals surface area contributed by atoms with Gasteiger partial charge in [0.2, 0.25) is 0 Å². The van der Waals surface area contributed by atoms with Crippen molar-refractivity contribution in [2.75, 3.05) is 5.73 Å². The van der Waals surface area contributed by atoms with Gasteiger partial charge in [0, 0.05) is 0 Å². The van der Waals surface area contributed by atoms with E-state index in [1.54, 1.807) is 0 Å². The molecule has 4 nitrogen and oxygen atoms in total. The third-order valence-corrected chi connectivity index (χ3v) is 3.61. The maximum absolute atomic E-state index is 5.90. The van der Waals surface area contributed by atoms with Crippen LogP contribution in [0, 0.1) is 0 Å². The first-order valence-electron chi connectivity index (χ1n) is 6.50. The minimum Gasteiger partial charge on any atom is -0.381 e. The topological polar surface area (TPSA) is 56.7 Å². The van der Waals surface area contributed by atoms with Gasteiger partial charge in [0.1, 0.15) is 0 Å². The number of benzene rings is 1. The van der Waals surface area contributed by atoms with Gasteiger partial charge in [-0.2, -0.15) is 0 Å². The molecule has 0 radical (unpaired) electrons. The summed E-state index contributed by atoms with van der Waals surface area (Å²) in [6, 6.07) is 6.55. The van der Waals surface area contributed by atoms with Crippen molar-refractivity contribution in [1.82, 2.24) is 15.0 Å². The summed E-state index contributed by atoms with van der Waals surface area (Å²) in [5.74, 6) is 0.846. The van der Waals surface area contributed by atoms with Crippen LogP contribution in [0.1, 0.15) is 43.0 Å². The summed E-state index contributed by atoms with van der Waals surface area (Å²) in [6.45, 7) is 4.22. The number of nitrogens with zero attached hydrogens (tertiary/aromatic N) is 3. The minimum atomic E-state index is 0.313. The minimum absolute atomic E-state index is 0.313. The lowest BCUT2D eigenvalue weighted by Gasteiger charge is -2.10. The van der Waals surface area contributed by atoms with E-state index in [2.05, 4.69) is 42.4 Å². The van der Waals surface area contributed by atoms with Crippen LogP contribution in [0.3, 0.4) is 0 Å². The van der Waals surface area contributed by atoms with Crippen LogP contribution in [-0.4, -0.2) is 15.0 Å². The van der Waals surface area contributed by atoms with E-state index in [0.717, 1.165) is 11.4 Å². The van der Waals surface area contributed by atoms with Gasteiger partial charge in [0.15, 0.2) is 5.82 Å². The number of hydrogen-bond donors (Lipinski definition) is 1. The molecule has 1 aliphatic rings. The van der Waals surface area contributed by atoms with Crippen LogP contribution in [0.25, 0.3) is 5.69 Å². The summed E-state index contributed by atoms with van der Waals surface area (Å²) in [5, 5.41) is 8.17. The zero-order valence-corrected chi connectivity index (χ0v) is 10.8. The van der Waals surface area contributed by atoms with Gasteiger partial charge in [-0.15, -0.1) is 5.10 Å². The number of nitrogens with two attached hydrogens (primary N) is 1. The summed E-state index contributed by atoms with van der Waals surface area (Å²) >= 11 is 0. The number of hydrogen-bond acceptors (Lipinski definition) is 3. The molecule has 0 spiro atoms. The lowest BCUT2D eigenvalue weighted by Crippen LogP contribution is -2.06. The van der Waals surface area contributed by atoms with Crippen LogP contribution < -0.4 is 5.73 Å². The Bertz CT molecular complexity index is 583. The molecule has 0 bridgehead atoms. The molecule has 0 aliphatic heterocycles. The van der Waals surface area contributed by atoms with Crippen molar-refractivity contribution in [1.29, 1.82) is 0 Å². The van der Waals surface area contributed by atoms with Crippen molar-refractivity contribution in [2.45, 2.75) is 39.0 Å². The largest absolute Gasteiger partial charge is 0.381 e. The molecule has 0 atom stereocenters. The smallest absolute Gasteiger partial charge is 0.169 e. The number of aromatic nitrogens is 3. The monoisotopic (exact) mass is 242 g/mol. The van der Waals surface area contributed by atoms with Crippen molar-refractivity contribution in [3.63, 3.8) is 0 Å². The number of nitrogen functional groups attached to an aromatic ring is 1. The molecule has 1 aromatic carbocycles. The van der Waals surface area contributed by atoms with Crippen molar-refractivity contribution in [3.05, 3.63) is 35.0 Å². The Hall–Kier alpha value is -1.84. The van der Waals surface area contributed by atoms with Gasteiger partial charge in [-0.05, 0) is 48.4 Å². The van der Waals surface area contributed by atoms with Crippen LogP contribution in [0.15, 0.2) is 18.2 Å². The van der Waals surface area contributed by atoms with Crippen LogP contribution in [0.2, 0.25) is 0 Å². The van der Waals surface area contributed by atoms with Gasteiger partial charge >= 0.3 is 0 Å². The van der Waals surface area contributed by atoms with E-state index in [1.165, 1.54) is 30.4 Å². The van der Waals surface area contributed by atoms with E-state index in [9.17, 15) is 0 Å². The summed E-state index contributed by atoms with van der Waals surface area (Å²) in [4.78, 5) is 0. The predicted octanol–water partition coefficient (Wildman–Crippen LogP) is 2.46. The second kappa shape index (κ2) is 4.12. The Kier molecular flexibility index (Phi) is 2.58. The van der Waals surface area contributed by atoms with E-state index in [-0.39, 0.29) is 0 Å². The Morgan fingerprint density at radius 3 is 2.78 bits per heavy atom. The zero-order chi connectivity index (χ0) is 12.7. The first-order valence-corrected chi connectivity index (χ1v) is 6.50. The maximum Gasteiger partial charge on any atom is 0.169 e. The number of rotatable bonds is 2. The van der Waals surface area contributed by atoms with E-state index in [0.29, 0.717) is 11.7 Å². The number of fused-ring (bicyclic) bond motifs is 1. The normalized spacial score (nSPS) is 14.2. The van der Waals surface area contributed by atoms with Gasteiger partial charge in [-0.25, -0.2) is 4.68 Å². The number of aryl methyl sites for hydroxylation is 2. The Labute approximate surface area is 107 Å². The predicted molar refractivity (Wildman–Crippen MR) is 71.9 cm³/mol. The number of anilines is 1. The van der Waals surface area contributed by atoms with Crippen LogP contribution in [-0.2, 0) is 12.8 Å². The Morgan fingerprint density at radius 2 is 2.00 bits per heavy atom. The molecule has 1 aromatic heterocycles. The fourth-order valence-corrected chi connectivity index (χ4v) is 2.72. The second-order valence-corrected chi connectivity index (χ2v) is 5.23. The first-order chi connectivity index (χ1) is 8.66. The third kappa shape index (κ3) is 1.68. The van der Waals surface area contributed by atoms with Gasteiger partial charge in [0.05, 0.1) is 11.4 Å². The highest BCUT2D eigenvalue weighted by Crippen LogP contribution is 2.27. The van der Waals surface area contributed by atoms with Gasteiger partial charge in [0.25, 0.3) is 0 Å². The van der Waals surface area contributed by atoms with E-state index < -0.39 is 0 Å². The molecule has 0 fully saturated rings. The van der Waals surface area contributed by atoms with Crippen molar-refractivity contribution in [2.24, 2.45) is 0 Å². The fraction of sp³-hybridized carbons (Fsp3) is 0.429. The quantitative estimate of drug-likeness (QED) is 0.880. The molecule has 2 aromatic rings. The second-order valence-electron chi connectivity index (χ2n) is 5.23. The Morgan fingerprint density at radius 1 is 1.22 bits per heavy atom. The van der Waals surface area contributed by atoms with E-state index in [4.69, 9.17) is 5.73 Å². The van der Waals surface area contributed by atoms with Crippen LogP contribution >= 0.6 is 0 Å². The molecule has 94 valence electrons. The summed E-state index contributed by atoms with van der Waals surface area (Å²) < 4.78 is 1.87. The molecule has 18 heavy (non-hydrogen) atoms. The molecule has 4 heteroatoms. The molecule has 0 saturated carbocycles. The molecular weight excluding hydrogens is 224 g/mol. The van der Waals surface area contributed by atoms with Gasteiger partial charge in [-0.1, -0.05) is 25.1 Å². The highest BCUT2D eigenvalue weighted by molar-refractivity contribution is 5.46. The van der Waals surface area contributed by atoms with Crippen molar-refractivity contribution >= 4 is 5.82 Å². The van der Waals surface area contributed by atoms with E-state index >= 15 is 0 Å². The molecule has 1 aliphatic carbocycles. The SMILES string of the molecule is CC(C)c1c(N)nnn1-c1ccc2c(c1)CCC2. The standard InChI is InChI=1S/C14H18N4/c1-9(2)13-14(15)16-17-18(13)12-7-6-10-4-3-5-11(10)8-12/h6-9H,3-5,15H2,1-2H3. The summed E-state index contributed by atoms with van der Waals surface area (Å²) in [7, 11) is 0.